The third kappa shape index (κ3) is 3.46. The lowest BCUT2D eigenvalue weighted by molar-refractivity contribution is 0.299. The lowest BCUT2D eigenvalue weighted by Gasteiger charge is -2.09. The first-order valence-corrected chi connectivity index (χ1v) is 8.78. The Morgan fingerprint density at radius 1 is 0.885 bits per heavy atom. The Bertz CT molecular complexity index is 988. The molecule has 0 amide bonds. The number of anilines is 1. The van der Waals surface area contributed by atoms with Gasteiger partial charge in [0.25, 0.3) is 0 Å². The highest BCUT2D eigenvalue weighted by molar-refractivity contribution is 5.92. The van der Waals surface area contributed by atoms with Gasteiger partial charge >= 0.3 is 0 Å². The summed E-state index contributed by atoms with van der Waals surface area (Å²) in [5.74, 6) is 0. The van der Waals surface area contributed by atoms with Crippen molar-refractivity contribution >= 4 is 16.7 Å². The molecule has 0 fully saturated rings. The average Bonchev–Trinajstić information content (AvgIpc) is 3.17. The Kier molecular flexibility index (Phi) is 4.67. The Labute approximate surface area is 152 Å². The van der Waals surface area contributed by atoms with Crippen molar-refractivity contribution in [1.29, 1.82) is 0 Å². The largest absolute Gasteiger partial charge is 0.396 e. The topological polar surface area (TPSA) is 60.9 Å². The SMILES string of the molecule is OCCc1ccc(NCc2ccc(-c3ccnc4[nH]ccc34)cc2)cc1. The first-order chi connectivity index (χ1) is 12.8. The number of fused-ring (bicyclic) bond motifs is 1. The number of aliphatic hydroxyl groups excluding tert-OH is 1. The van der Waals surface area contributed by atoms with Crippen LogP contribution in [0.3, 0.4) is 0 Å². The number of aromatic amines is 1. The van der Waals surface area contributed by atoms with Crippen molar-refractivity contribution in [3.8, 4) is 11.1 Å². The number of nitrogens with zero attached hydrogens (tertiary/aromatic N) is 1. The molecule has 0 saturated carbocycles. The van der Waals surface area contributed by atoms with Gasteiger partial charge in [-0.2, -0.15) is 0 Å². The molecule has 3 N–H and O–H groups in total. The number of hydrogen-bond donors (Lipinski definition) is 3. The lowest BCUT2D eigenvalue weighted by Crippen LogP contribution is -1.99. The zero-order valence-electron chi connectivity index (χ0n) is 14.4. The smallest absolute Gasteiger partial charge is 0.137 e. The second kappa shape index (κ2) is 7.42. The minimum absolute atomic E-state index is 0.186. The summed E-state index contributed by atoms with van der Waals surface area (Å²) in [5.41, 5.74) is 6.75. The zero-order chi connectivity index (χ0) is 17.8. The van der Waals surface area contributed by atoms with Gasteiger partial charge in [0, 0.05) is 36.6 Å². The first kappa shape index (κ1) is 16.4. The molecule has 4 rings (SSSR count). The Hall–Kier alpha value is -3.11. The summed E-state index contributed by atoms with van der Waals surface area (Å²) in [6, 6.07) is 20.9. The summed E-state index contributed by atoms with van der Waals surface area (Å²) in [6.45, 7) is 0.960. The number of aliphatic hydroxyl groups is 1. The highest BCUT2D eigenvalue weighted by Gasteiger charge is 2.05. The van der Waals surface area contributed by atoms with E-state index in [-0.39, 0.29) is 6.61 Å². The number of nitrogens with one attached hydrogen (secondary N) is 2. The number of pyridine rings is 1. The number of benzene rings is 2. The number of hydrogen-bond acceptors (Lipinski definition) is 3. The average molecular weight is 343 g/mol. The van der Waals surface area contributed by atoms with E-state index >= 15 is 0 Å². The second-order valence-corrected chi connectivity index (χ2v) is 6.32. The molecule has 0 unspecified atom stereocenters. The maximum absolute atomic E-state index is 8.97. The van der Waals surface area contributed by atoms with Crippen molar-refractivity contribution in [3.63, 3.8) is 0 Å². The summed E-state index contributed by atoms with van der Waals surface area (Å²) in [7, 11) is 0. The fourth-order valence-electron chi connectivity index (χ4n) is 3.14. The summed E-state index contributed by atoms with van der Waals surface area (Å²) in [4.78, 5) is 7.50. The van der Waals surface area contributed by atoms with Gasteiger partial charge in [-0.15, -0.1) is 0 Å². The quantitative estimate of drug-likeness (QED) is 0.487. The van der Waals surface area contributed by atoms with E-state index in [4.69, 9.17) is 5.11 Å². The third-order valence-electron chi connectivity index (χ3n) is 4.58. The normalized spacial score (nSPS) is 11.0. The van der Waals surface area contributed by atoms with Gasteiger partial charge in [0.15, 0.2) is 0 Å². The molecule has 0 aliphatic heterocycles. The van der Waals surface area contributed by atoms with Gasteiger partial charge in [0.2, 0.25) is 0 Å². The van der Waals surface area contributed by atoms with E-state index in [2.05, 4.69) is 63.8 Å². The maximum atomic E-state index is 8.97. The van der Waals surface area contributed by atoms with Crippen LogP contribution in [0.25, 0.3) is 22.2 Å². The molecule has 4 heteroatoms. The van der Waals surface area contributed by atoms with Gasteiger partial charge < -0.3 is 15.4 Å². The molecule has 26 heavy (non-hydrogen) atoms. The molecule has 4 nitrogen and oxygen atoms in total. The van der Waals surface area contributed by atoms with Crippen LogP contribution in [0.1, 0.15) is 11.1 Å². The van der Waals surface area contributed by atoms with E-state index in [0.29, 0.717) is 6.42 Å². The monoisotopic (exact) mass is 343 g/mol. The number of aromatic nitrogens is 2. The van der Waals surface area contributed by atoms with Gasteiger partial charge in [0.05, 0.1) is 0 Å². The number of H-pyrrole nitrogens is 1. The van der Waals surface area contributed by atoms with E-state index in [1.807, 2.05) is 24.5 Å². The molecule has 2 aromatic carbocycles. The van der Waals surface area contributed by atoms with Crippen molar-refractivity contribution in [3.05, 3.63) is 84.2 Å². The van der Waals surface area contributed by atoms with Gasteiger partial charge in [0.1, 0.15) is 5.65 Å². The molecule has 0 aliphatic carbocycles. The minimum atomic E-state index is 0.186. The van der Waals surface area contributed by atoms with Crippen LogP contribution in [0.5, 0.6) is 0 Å². The molecule has 0 bridgehead atoms. The van der Waals surface area contributed by atoms with Crippen LogP contribution in [-0.2, 0) is 13.0 Å². The fourth-order valence-corrected chi connectivity index (χ4v) is 3.14. The molecule has 2 heterocycles. The Morgan fingerprint density at radius 3 is 2.42 bits per heavy atom. The summed E-state index contributed by atoms with van der Waals surface area (Å²) in [5, 5.41) is 13.5. The predicted molar refractivity (Wildman–Crippen MR) is 106 cm³/mol. The molecule has 0 radical (unpaired) electrons. The molecule has 0 spiro atoms. The Balaban J connectivity index is 1.45. The van der Waals surface area contributed by atoms with E-state index in [9.17, 15) is 0 Å². The van der Waals surface area contributed by atoms with Crippen LogP contribution < -0.4 is 5.32 Å². The van der Waals surface area contributed by atoms with Crippen LogP contribution in [-0.4, -0.2) is 21.7 Å². The first-order valence-electron chi connectivity index (χ1n) is 8.78. The summed E-state index contributed by atoms with van der Waals surface area (Å²) in [6.07, 6.45) is 4.46. The van der Waals surface area contributed by atoms with Gasteiger partial charge in [-0.1, -0.05) is 36.4 Å². The van der Waals surface area contributed by atoms with E-state index in [1.165, 1.54) is 16.7 Å². The zero-order valence-corrected chi connectivity index (χ0v) is 14.4. The molecule has 0 aliphatic rings. The van der Waals surface area contributed by atoms with Crippen molar-refractivity contribution in [2.75, 3.05) is 11.9 Å². The van der Waals surface area contributed by atoms with E-state index < -0.39 is 0 Å². The molecule has 2 aromatic heterocycles. The molecular formula is C22H21N3O. The third-order valence-corrected chi connectivity index (χ3v) is 4.58. The van der Waals surface area contributed by atoms with E-state index in [1.54, 1.807) is 0 Å². The molecule has 0 saturated heterocycles. The predicted octanol–water partition coefficient (Wildman–Crippen LogP) is 4.38. The minimum Gasteiger partial charge on any atom is -0.396 e. The fraction of sp³-hybridized carbons (Fsp3) is 0.136. The van der Waals surface area contributed by atoms with Crippen molar-refractivity contribution in [2.45, 2.75) is 13.0 Å². The molecule has 130 valence electrons. The Morgan fingerprint density at radius 2 is 1.65 bits per heavy atom. The lowest BCUT2D eigenvalue weighted by atomic mass is 10.0. The van der Waals surface area contributed by atoms with Gasteiger partial charge in [-0.3, -0.25) is 0 Å². The van der Waals surface area contributed by atoms with Crippen LogP contribution in [0.15, 0.2) is 73.1 Å². The van der Waals surface area contributed by atoms with Crippen molar-refractivity contribution < 1.29 is 5.11 Å². The molecule has 0 atom stereocenters. The van der Waals surface area contributed by atoms with Crippen LogP contribution in [0.4, 0.5) is 5.69 Å². The highest BCUT2D eigenvalue weighted by Crippen LogP contribution is 2.27. The van der Waals surface area contributed by atoms with Crippen molar-refractivity contribution in [2.24, 2.45) is 0 Å². The summed E-state index contributed by atoms with van der Waals surface area (Å²) >= 11 is 0. The van der Waals surface area contributed by atoms with Gasteiger partial charge in [-0.05, 0) is 52.9 Å². The molecule has 4 aromatic rings. The van der Waals surface area contributed by atoms with Gasteiger partial charge in [-0.25, -0.2) is 4.98 Å². The van der Waals surface area contributed by atoms with Crippen LogP contribution in [0, 0.1) is 0 Å². The van der Waals surface area contributed by atoms with Crippen LogP contribution >= 0.6 is 0 Å². The highest BCUT2D eigenvalue weighted by atomic mass is 16.2. The van der Waals surface area contributed by atoms with E-state index in [0.717, 1.165) is 28.8 Å². The number of rotatable bonds is 6. The standard InChI is InChI=1S/C22H21N3O/c26-14-11-16-3-7-19(8-4-16)25-15-17-1-5-18(6-2-17)20-9-12-23-22-21(20)10-13-24-22/h1-10,12-13,25-26H,11,14-15H2,(H,23,24). The van der Waals surface area contributed by atoms with Crippen molar-refractivity contribution in [1.82, 2.24) is 9.97 Å². The molecular weight excluding hydrogens is 322 g/mol. The second-order valence-electron chi connectivity index (χ2n) is 6.32. The van der Waals surface area contributed by atoms with Crippen LogP contribution in [0.2, 0.25) is 0 Å². The maximum Gasteiger partial charge on any atom is 0.137 e. The summed E-state index contributed by atoms with van der Waals surface area (Å²) < 4.78 is 0.